The van der Waals surface area contributed by atoms with Crippen molar-refractivity contribution in [1.29, 1.82) is 0 Å². The molecule has 2 aromatic heterocycles. The number of benzene rings is 2. The van der Waals surface area contributed by atoms with E-state index in [0.29, 0.717) is 11.3 Å². The highest BCUT2D eigenvalue weighted by Crippen LogP contribution is 2.54. The number of fused-ring (bicyclic) bond motifs is 1. The van der Waals surface area contributed by atoms with Crippen LogP contribution >= 0.6 is 0 Å². The molecular weight excluding hydrogens is 531 g/mol. The van der Waals surface area contributed by atoms with Crippen LogP contribution < -0.4 is 4.90 Å². The number of carbonyl (C=O) groups is 1. The van der Waals surface area contributed by atoms with E-state index in [1.165, 1.54) is 17.7 Å². The molecule has 0 atom stereocenters. The van der Waals surface area contributed by atoms with Gasteiger partial charge in [0.15, 0.2) is 0 Å². The molecule has 7 rings (SSSR count). The van der Waals surface area contributed by atoms with Crippen molar-refractivity contribution in [3.63, 3.8) is 0 Å². The largest absolute Gasteiger partial charge is 0.477 e. The van der Waals surface area contributed by atoms with Gasteiger partial charge >= 0.3 is 12.1 Å². The molecule has 3 heterocycles. The number of pyridine rings is 1. The number of anilines is 1. The summed E-state index contributed by atoms with van der Waals surface area (Å²) in [6.45, 7) is 1.81. The van der Waals surface area contributed by atoms with Gasteiger partial charge in [0.1, 0.15) is 17.1 Å². The first-order chi connectivity index (χ1) is 19.7. The maximum atomic E-state index is 13.8. The van der Waals surface area contributed by atoms with Crippen molar-refractivity contribution >= 4 is 28.5 Å². The minimum atomic E-state index is -4.48. The van der Waals surface area contributed by atoms with Crippen LogP contribution in [0, 0.1) is 5.41 Å². The Morgan fingerprint density at radius 1 is 1.05 bits per heavy atom. The molecule has 0 unspecified atom stereocenters. The molecule has 6 nitrogen and oxygen atoms in total. The van der Waals surface area contributed by atoms with Gasteiger partial charge in [-0.25, -0.2) is 9.78 Å². The molecule has 1 spiro atoms. The molecule has 2 saturated carbocycles. The molecule has 1 saturated heterocycles. The summed E-state index contributed by atoms with van der Waals surface area (Å²) in [5.41, 5.74) is 2.93. The van der Waals surface area contributed by atoms with Crippen LogP contribution in [0.5, 0.6) is 0 Å². The van der Waals surface area contributed by atoms with E-state index >= 15 is 0 Å². The van der Waals surface area contributed by atoms with Gasteiger partial charge in [-0.15, -0.1) is 0 Å². The first-order valence-corrected chi connectivity index (χ1v) is 13.9. The van der Waals surface area contributed by atoms with Crippen LogP contribution in [0.15, 0.2) is 64.8 Å². The van der Waals surface area contributed by atoms with Crippen molar-refractivity contribution in [2.75, 3.05) is 18.0 Å². The molecule has 2 aliphatic carbocycles. The predicted octanol–water partition coefficient (Wildman–Crippen LogP) is 7.95. The smallest absolute Gasteiger partial charge is 0.417 e. The molecule has 2 aromatic carbocycles. The number of aromatic carboxylic acids is 1. The van der Waals surface area contributed by atoms with Crippen LogP contribution in [0.25, 0.3) is 28.1 Å². The Kier molecular flexibility index (Phi) is 5.96. The van der Waals surface area contributed by atoms with Gasteiger partial charge in [0.25, 0.3) is 0 Å². The van der Waals surface area contributed by atoms with E-state index in [9.17, 15) is 23.1 Å². The maximum absolute atomic E-state index is 13.8. The standard InChI is InChI=1S/C32H28F3N3O3/c33-32(34,35)26-4-2-1-3-24(26)28-25(29(41-37-28)20-5-6-20)13-19-16-31(17-19)9-11-38(12-10-31)23-8-7-21-15-27(30(39)40)36-18-22(21)14-23/h1-4,7-8,13-15,18,20H,5-6,9-12,16-17H2,(H,39,40). The number of rotatable bonds is 5. The van der Waals surface area contributed by atoms with E-state index in [-0.39, 0.29) is 28.3 Å². The Morgan fingerprint density at radius 3 is 2.51 bits per heavy atom. The number of alkyl halides is 3. The van der Waals surface area contributed by atoms with Gasteiger partial charge < -0.3 is 14.5 Å². The molecular formula is C32H28F3N3O3. The summed E-state index contributed by atoms with van der Waals surface area (Å²) >= 11 is 0. The average molecular weight is 560 g/mol. The summed E-state index contributed by atoms with van der Waals surface area (Å²) in [4.78, 5) is 17.6. The molecule has 3 fully saturated rings. The number of halogens is 3. The van der Waals surface area contributed by atoms with E-state index in [1.54, 1.807) is 18.3 Å². The molecule has 1 aliphatic heterocycles. The van der Waals surface area contributed by atoms with E-state index in [4.69, 9.17) is 4.52 Å². The second-order valence-electron chi connectivity index (χ2n) is 11.7. The molecule has 9 heteroatoms. The van der Waals surface area contributed by atoms with E-state index in [1.807, 2.05) is 18.2 Å². The molecule has 0 radical (unpaired) electrons. The lowest BCUT2D eigenvalue weighted by Gasteiger charge is -2.50. The number of aromatic nitrogens is 2. The molecule has 1 N–H and O–H groups in total. The minimum absolute atomic E-state index is 0.0335. The Morgan fingerprint density at radius 2 is 1.80 bits per heavy atom. The van der Waals surface area contributed by atoms with Crippen LogP contribution in [0.3, 0.4) is 0 Å². The van der Waals surface area contributed by atoms with Crippen molar-refractivity contribution in [2.24, 2.45) is 5.41 Å². The van der Waals surface area contributed by atoms with Crippen LogP contribution in [0.2, 0.25) is 0 Å². The van der Waals surface area contributed by atoms with Crippen LogP contribution in [0.1, 0.15) is 71.8 Å². The van der Waals surface area contributed by atoms with E-state index in [0.717, 1.165) is 74.1 Å². The first-order valence-electron chi connectivity index (χ1n) is 13.9. The van der Waals surface area contributed by atoms with Gasteiger partial charge in [0, 0.05) is 47.4 Å². The third-order valence-corrected chi connectivity index (χ3v) is 8.86. The minimum Gasteiger partial charge on any atom is -0.477 e. The number of carboxylic acid groups (broad SMARTS) is 1. The van der Waals surface area contributed by atoms with E-state index < -0.39 is 17.7 Å². The van der Waals surface area contributed by atoms with Crippen LogP contribution in [-0.4, -0.2) is 34.3 Å². The Labute approximate surface area is 234 Å². The third-order valence-electron chi connectivity index (χ3n) is 8.86. The normalized spacial score (nSPS) is 18.5. The zero-order valence-corrected chi connectivity index (χ0v) is 22.2. The number of hydrogen-bond donors (Lipinski definition) is 1. The van der Waals surface area contributed by atoms with Gasteiger partial charge in [-0.1, -0.05) is 35.0 Å². The highest BCUT2D eigenvalue weighted by atomic mass is 19.4. The van der Waals surface area contributed by atoms with Crippen molar-refractivity contribution in [3.05, 3.63) is 82.9 Å². The SMILES string of the molecule is O=C(O)c1cc2ccc(N3CCC4(CC3)CC(=Cc3c(-c5ccccc5C(F)(F)F)noc3C3CC3)C4)cc2cn1. The lowest BCUT2D eigenvalue weighted by atomic mass is 9.60. The Bertz CT molecular complexity index is 1690. The lowest BCUT2D eigenvalue weighted by molar-refractivity contribution is -0.137. The van der Waals surface area contributed by atoms with Crippen LogP contribution in [-0.2, 0) is 6.18 Å². The van der Waals surface area contributed by atoms with Crippen LogP contribution in [0.4, 0.5) is 18.9 Å². The monoisotopic (exact) mass is 559 g/mol. The summed E-state index contributed by atoms with van der Waals surface area (Å²) in [6, 6.07) is 13.2. The summed E-state index contributed by atoms with van der Waals surface area (Å²) < 4.78 is 47.0. The molecule has 0 amide bonds. The topological polar surface area (TPSA) is 79.5 Å². The second-order valence-corrected chi connectivity index (χ2v) is 11.7. The van der Waals surface area contributed by atoms with Gasteiger partial charge in [-0.3, -0.25) is 0 Å². The quantitative estimate of drug-likeness (QED) is 0.267. The van der Waals surface area contributed by atoms with Crippen molar-refractivity contribution in [3.8, 4) is 11.3 Å². The highest BCUT2D eigenvalue weighted by molar-refractivity contribution is 5.93. The summed E-state index contributed by atoms with van der Waals surface area (Å²) in [5, 5.41) is 15.1. The molecule has 0 bridgehead atoms. The fraction of sp³-hybridized carbons (Fsp3) is 0.344. The molecule has 210 valence electrons. The summed E-state index contributed by atoms with van der Waals surface area (Å²) in [5.74, 6) is -0.103. The predicted molar refractivity (Wildman–Crippen MR) is 149 cm³/mol. The first kappa shape index (κ1) is 25.8. The average Bonchev–Trinajstić information content (AvgIpc) is 3.71. The van der Waals surface area contributed by atoms with Gasteiger partial charge in [0.05, 0.1) is 5.56 Å². The summed E-state index contributed by atoms with van der Waals surface area (Å²) in [6.07, 6.45) is 5.03. The van der Waals surface area contributed by atoms with Crippen molar-refractivity contribution in [1.82, 2.24) is 10.1 Å². The maximum Gasteiger partial charge on any atom is 0.417 e. The Balaban J connectivity index is 1.08. The fourth-order valence-electron chi connectivity index (χ4n) is 6.47. The lowest BCUT2D eigenvalue weighted by Crippen LogP contribution is -2.44. The van der Waals surface area contributed by atoms with Crippen molar-refractivity contribution in [2.45, 2.75) is 50.6 Å². The Hall–Kier alpha value is -4.14. The summed E-state index contributed by atoms with van der Waals surface area (Å²) in [7, 11) is 0. The highest BCUT2D eigenvalue weighted by Gasteiger charge is 2.44. The number of nitrogens with zero attached hydrogens (tertiary/aromatic N) is 3. The third kappa shape index (κ3) is 4.77. The van der Waals surface area contributed by atoms with Gasteiger partial charge in [-0.05, 0) is 79.7 Å². The van der Waals surface area contributed by atoms with Gasteiger partial charge in [0.2, 0.25) is 0 Å². The molecule has 41 heavy (non-hydrogen) atoms. The number of hydrogen-bond acceptors (Lipinski definition) is 5. The zero-order valence-electron chi connectivity index (χ0n) is 22.2. The number of allylic oxidation sites excluding steroid dienone is 1. The second kappa shape index (κ2) is 9.46. The van der Waals surface area contributed by atoms with Crippen molar-refractivity contribution < 1.29 is 27.6 Å². The number of piperidine rings is 1. The molecule has 3 aliphatic rings. The number of carboxylic acids is 1. The van der Waals surface area contributed by atoms with Gasteiger partial charge in [-0.2, -0.15) is 13.2 Å². The van der Waals surface area contributed by atoms with E-state index in [2.05, 4.69) is 21.1 Å². The fourth-order valence-corrected chi connectivity index (χ4v) is 6.47. The zero-order chi connectivity index (χ0) is 28.4. The molecule has 4 aromatic rings.